The fourth-order valence-electron chi connectivity index (χ4n) is 2.48. The number of aromatic nitrogens is 3. The molecule has 0 spiro atoms. The van der Waals surface area contributed by atoms with Gasteiger partial charge in [0.1, 0.15) is 5.01 Å². The Kier molecular flexibility index (Phi) is 3.07. The number of carboxylic acid groups (broad SMARTS) is 1. The van der Waals surface area contributed by atoms with E-state index in [1.54, 1.807) is 24.3 Å². The van der Waals surface area contributed by atoms with E-state index in [0.29, 0.717) is 15.9 Å². The Morgan fingerprint density at radius 2 is 1.62 bits per heavy atom. The van der Waals surface area contributed by atoms with Crippen molar-refractivity contribution in [2.24, 2.45) is 0 Å². The molecule has 0 amide bonds. The molecule has 4 aromatic rings. The normalized spacial score (nSPS) is 11.2. The molecule has 24 heavy (non-hydrogen) atoms. The van der Waals surface area contributed by atoms with Crippen molar-refractivity contribution in [2.45, 2.75) is 0 Å². The third-order valence-electron chi connectivity index (χ3n) is 3.69. The van der Waals surface area contributed by atoms with Crippen molar-refractivity contribution >= 4 is 38.3 Å². The molecule has 4 rings (SSSR count). The lowest BCUT2D eigenvalue weighted by Gasteiger charge is -1.97. The van der Waals surface area contributed by atoms with Crippen LogP contribution in [0.5, 0.6) is 0 Å². The number of rotatable bonds is 2. The quantitative estimate of drug-likeness (QED) is 0.518. The summed E-state index contributed by atoms with van der Waals surface area (Å²) in [6, 6.07) is 9.61. The molecule has 0 radical (unpaired) electrons. The predicted molar refractivity (Wildman–Crippen MR) is 90.8 cm³/mol. The molecule has 7 nitrogen and oxygen atoms in total. The summed E-state index contributed by atoms with van der Waals surface area (Å²) < 4.78 is 0.774. The van der Waals surface area contributed by atoms with Crippen LogP contribution in [-0.4, -0.2) is 26.3 Å². The van der Waals surface area contributed by atoms with Crippen molar-refractivity contribution in [3.8, 4) is 10.6 Å². The number of H-pyrrole nitrogens is 2. The maximum absolute atomic E-state index is 11.9. The number of nitrogens with one attached hydrogen (secondary N) is 2. The minimum atomic E-state index is -0.990. The van der Waals surface area contributed by atoms with E-state index in [1.165, 1.54) is 23.5 Å². The molecule has 2 aromatic carbocycles. The summed E-state index contributed by atoms with van der Waals surface area (Å²) in [4.78, 5) is 39.1. The number of carboxylic acids is 1. The van der Waals surface area contributed by atoms with Gasteiger partial charge in [0.25, 0.3) is 11.1 Å². The molecule has 0 aliphatic rings. The first-order valence-electron chi connectivity index (χ1n) is 6.92. The maximum atomic E-state index is 11.9. The summed E-state index contributed by atoms with van der Waals surface area (Å²) in [6.07, 6.45) is 0. The van der Waals surface area contributed by atoms with Gasteiger partial charge in [0.05, 0.1) is 26.6 Å². The van der Waals surface area contributed by atoms with Gasteiger partial charge in [0, 0.05) is 5.56 Å². The summed E-state index contributed by atoms with van der Waals surface area (Å²) in [6.45, 7) is 0. The van der Waals surface area contributed by atoms with Crippen LogP contribution in [0.2, 0.25) is 0 Å². The fraction of sp³-hybridized carbons (Fsp3) is 0. The van der Waals surface area contributed by atoms with Crippen LogP contribution in [0.15, 0.2) is 46.0 Å². The van der Waals surface area contributed by atoms with Gasteiger partial charge in [-0.2, -0.15) is 0 Å². The van der Waals surface area contributed by atoms with E-state index in [4.69, 9.17) is 5.11 Å². The highest BCUT2D eigenvalue weighted by Crippen LogP contribution is 2.31. The number of fused-ring (bicyclic) bond motifs is 2. The van der Waals surface area contributed by atoms with Gasteiger partial charge in [-0.25, -0.2) is 9.78 Å². The number of benzene rings is 2. The summed E-state index contributed by atoms with van der Waals surface area (Å²) in [5.41, 5.74) is 0.830. The van der Waals surface area contributed by atoms with E-state index < -0.39 is 5.97 Å². The second-order valence-corrected chi connectivity index (χ2v) is 6.21. The third-order valence-corrected chi connectivity index (χ3v) is 4.75. The highest BCUT2D eigenvalue weighted by Gasteiger charge is 2.11. The average Bonchev–Trinajstić information content (AvgIpc) is 3.00. The van der Waals surface area contributed by atoms with Crippen molar-refractivity contribution in [3.63, 3.8) is 0 Å². The number of carbonyl (C=O) groups is 1. The van der Waals surface area contributed by atoms with E-state index in [0.717, 1.165) is 10.3 Å². The van der Waals surface area contributed by atoms with E-state index in [9.17, 15) is 14.4 Å². The standard InChI is InChI=1S/C16H9N3O4S/c20-13-9-5-11-12(6-10(9)14(21)19-18-13)24-15(17-11)7-1-3-8(4-2-7)16(22)23/h1-6H,(H,18,20)(H,19,21)(H,22,23). The Labute approximate surface area is 137 Å². The van der Waals surface area contributed by atoms with Crippen LogP contribution < -0.4 is 11.1 Å². The van der Waals surface area contributed by atoms with Crippen LogP contribution in [0.4, 0.5) is 0 Å². The Balaban J connectivity index is 1.92. The number of aromatic amines is 2. The molecule has 2 heterocycles. The molecule has 118 valence electrons. The van der Waals surface area contributed by atoms with Crippen molar-refractivity contribution < 1.29 is 9.90 Å². The fourth-order valence-corrected chi connectivity index (χ4v) is 3.47. The van der Waals surface area contributed by atoms with Crippen LogP contribution in [0.25, 0.3) is 31.6 Å². The largest absolute Gasteiger partial charge is 0.478 e. The monoisotopic (exact) mass is 339 g/mol. The molecule has 0 atom stereocenters. The highest BCUT2D eigenvalue weighted by atomic mass is 32.1. The van der Waals surface area contributed by atoms with Gasteiger partial charge < -0.3 is 5.11 Å². The molecule has 0 saturated heterocycles. The molecule has 0 aliphatic heterocycles. The van der Waals surface area contributed by atoms with Gasteiger partial charge in [-0.3, -0.25) is 19.8 Å². The lowest BCUT2D eigenvalue weighted by atomic mass is 10.1. The molecule has 3 N–H and O–H groups in total. The Morgan fingerprint density at radius 1 is 1.00 bits per heavy atom. The number of hydrogen-bond donors (Lipinski definition) is 3. The zero-order valence-corrected chi connectivity index (χ0v) is 12.8. The van der Waals surface area contributed by atoms with E-state index in [2.05, 4.69) is 15.2 Å². The Hall–Kier alpha value is -3.26. The van der Waals surface area contributed by atoms with Crippen molar-refractivity contribution in [2.75, 3.05) is 0 Å². The minimum Gasteiger partial charge on any atom is -0.478 e. The topological polar surface area (TPSA) is 116 Å². The van der Waals surface area contributed by atoms with Gasteiger partial charge in [-0.05, 0) is 24.3 Å². The van der Waals surface area contributed by atoms with Gasteiger partial charge >= 0.3 is 5.97 Å². The summed E-state index contributed by atoms with van der Waals surface area (Å²) in [5.74, 6) is -0.990. The highest BCUT2D eigenvalue weighted by molar-refractivity contribution is 7.21. The van der Waals surface area contributed by atoms with Gasteiger partial charge in [0.2, 0.25) is 0 Å². The number of aromatic carboxylic acids is 1. The molecule has 2 aromatic heterocycles. The molecule has 0 unspecified atom stereocenters. The van der Waals surface area contributed by atoms with Crippen LogP contribution in [-0.2, 0) is 0 Å². The second kappa shape index (κ2) is 5.14. The number of nitrogens with zero attached hydrogens (tertiary/aromatic N) is 1. The first kappa shape index (κ1) is 14.3. The zero-order valence-electron chi connectivity index (χ0n) is 12.0. The maximum Gasteiger partial charge on any atom is 0.335 e. The second-order valence-electron chi connectivity index (χ2n) is 5.18. The minimum absolute atomic E-state index is 0.198. The lowest BCUT2D eigenvalue weighted by molar-refractivity contribution is 0.0697. The van der Waals surface area contributed by atoms with Crippen molar-refractivity contribution in [3.05, 3.63) is 62.7 Å². The molecule has 8 heteroatoms. The predicted octanol–water partition coefficient (Wildman–Crippen LogP) is 2.19. The van der Waals surface area contributed by atoms with E-state index >= 15 is 0 Å². The van der Waals surface area contributed by atoms with Crippen LogP contribution in [0.3, 0.4) is 0 Å². The van der Waals surface area contributed by atoms with E-state index in [1.807, 2.05) is 0 Å². The summed E-state index contributed by atoms with van der Waals surface area (Å²) >= 11 is 1.37. The van der Waals surface area contributed by atoms with Gasteiger partial charge in [-0.15, -0.1) is 11.3 Å². The smallest absolute Gasteiger partial charge is 0.335 e. The average molecular weight is 339 g/mol. The summed E-state index contributed by atoms with van der Waals surface area (Å²) in [7, 11) is 0. The lowest BCUT2D eigenvalue weighted by Crippen LogP contribution is -2.18. The molecule has 0 saturated carbocycles. The first-order valence-corrected chi connectivity index (χ1v) is 7.73. The van der Waals surface area contributed by atoms with Crippen molar-refractivity contribution in [1.29, 1.82) is 0 Å². The molecular weight excluding hydrogens is 330 g/mol. The SMILES string of the molecule is O=C(O)c1ccc(-c2nc3cc4c(=O)[nH][nH]c(=O)c4cc3s2)cc1. The first-order chi connectivity index (χ1) is 11.5. The number of hydrogen-bond acceptors (Lipinski definition) is 5. The zero-order chi connectivity index (χ0) is 16.8. The number of thiazole rings is 1. The van der Waals surface area contributed by atoms with Crippen LogP contribution >= 0.6 is 11.3 Å². The molecule has 0 aliphatic carbocycles. The van der Waals surface area contributed by atoms with Gasteiger partial charge in [0.15, 0.2) is 0 Å². The summed E-state index contributed by atoms with van der Waals surface area (Å²) in [5, 5.41) is 14.8. The molecule has 0 fully saturated rings. The third kappa shape index (κ3) is 2.20. The van der Waals surface area contributed by atoms with Crippen LogP contribution in [0, 0.1) is 0 Å². The van der Waals surface area contributed by atoms with Crippen LogP contribution in [0.1, 0.15) is 10.4 Å². The molecule has 0 bridgehead atoms. The van der Waals surface area contributed by atoms with Gasteiger partial charge in [-0.1, -0.05) is 12.1 Å². The van der Waals surface area contributed by atoms with Crippen molar-refractivity contribution in [1.82, 2.24) is 15.2 Å². The Bertz CT molecular complexity index is 1150. The Morgan fingerprint density at radius 3 is 2.25 bits per heavy atom. The molecular formula is C16H9N3O4S. The van der Waals surface area contributed by atoms with E-state index in [-0.39, 0.29) is 22.1 Å².